The average molecular weight is 476 g/mol. The Balaban J connectivity index is 1.50. The minimum atomic E-state index is -4.52. The molecule has 1 heterocycles. The Labute approximate surface area is 195 Å². The van der Waals surface area contributed by atoms with Gasteiger partial charge in [0.15, 0.2) is 0 Å². The molecule has 0 saturated carbocycles. The minimum Gasteiger partial charge on any atom is -0.334 e. The van der Waals surface area contributed by atoms with Gasteiger partial charge in [0.1, 0.15) is 0 Å². The molecule has 2 atom stereocenters. The second-order valence-electron chi connectivity index (χ2n) is 8.24. The van der Waals surface area contributed by atoms with Gasteiger partial charge in [-0.25, -0.2) is 4.79 Å². The van der Waals surface area contributed by atoms with Crippen LogP contribution < -0.4 is 21.3 Å². The Morgan fingerprint density at radius 3 is 2.44 bits per heavy atom. The zero-order chi connectivity index (χ0) is 24.7. The highest BCUT2D eigenvalue weighted by Gasteiger charge is 2.30. The normalized spacial score (nSPS) is 17.6. The van der Waals surface area contributed by atoms with E-state index in [1.54, 1.807) is 18.2 Å². The fourth-order valence-corrected chi connectivity index (χ4v) is 3.77. The topological polar surface area (TPSA) is 99.3 Å². The number of carbonyl (C=O) groups excluding carboxylic acids is 3. The van der Waals surface area contributed by atoms with Gasteiger partial charge in [-0.2, -0.15) is 13.2 Å². The van der Waals surface area contributed by atoms with E-state index in [1.807, 2.05) is 6.92 Å². The van der Waals surface area contributed by atoms with Crippen LogP contribution in [0.3, 0.4) is 0 Å². The zero-order valence-electron chi connectivity index (χ0n) is 18.7. The molecule has 182 valence electrons. The number of anilines is 2. The van der Waals surface area contributed by atoms with Gasteiger partial charge in [0, 0.05) is 18.2 Å². The molecule has 34 heavy (non-hydrogen) atoms. The molecule has 0 bridgehead atoms. The zero-order valence-corrected chi connectivity index (χ0v) is 18.7. The summed E-state index contributed by atoms with van der Waals surface area (Å²) in [6.07, 6.45) is -1.13. The number of urea groups is 1. The molecule has 4 N–H and O–H groups in total. The molecule has 3 rings (SSSR count). The number of unbranched alkanes of at least 4 members (excludes halogenated alkanes) is 2. The summed E-state index contributed by atoms with van der Waals surface area (Å²) in [5.41, 5.74) is -0.436. The average Bonchev–Trinajstić information content (AvgIpc) is 3.10. The maximum absolute atomic E-state index is 12.9. The van der Waals surface area contributed by atoms with Gasteiger partial charge >= 0.3 is 12.2 Å². The van der Waals surface area contributed by atoms with Crippen LogP contribution >= 0.6 is 0 Å². The van der Waals surface area contributed by atoms with E-state index in [9.17, 15) is 27.6 Å². The Morgan fingerprint density at radius 1 is 0.971 bits per heavy atom. The summed E-state index contributed by atoms with van der Waals surface area (Å²) in [5, 5.41) is 10.8. The first-order valence-electron chi connectivity index (χ1n) is 11.1. The molecule has 0 spiro atoms. The van der Waals surface area contributed by atoms with Gasteiger partial charge in [-0.1, -0.05) is 31.0 Å². The van der Waals surface area contributed by atoms with Gasteiger partial charge in [0.2, 0.25) is 5.91 Å². The molecule has 1 aliphatic rings. The van der Waals surface area contributed by atoms with Crippen molar-refractivity contribution in [2.24, 2.45) is 0 Å². The number of alkyl halides is 3. The summed E-state index contributed by atoms with van der Waals surface area (Å²) in [7, 11) is 0. The van der Waals surface area contributed by atoms with Crippen molar-refractivity contribution >= 4 is 29.2 Å². The molecule has 2 aromatic rings. The molecule has 0 radical (unpaired) electrons. The second-order valence-corrected chi connectivity index (χ2v) is 8.24. The number of carbonyl (C=O) groups is 3. The molecule has 10 heteroatoms. The van der Waals surface area contributed by atoms with Gasteiger partial charge in [0.25, 0.3) is 5.91 Å². The maximum Gasteiger partial charge on any atom is 0.416 e. The van der Waals surface area contributed by atoms with Gasteiger partial charge in [-0.15, -0.1) is 0 Å². The van der Waals surface area contributed by atoms with Crippen LogP contribution in [-0.2, 0) is 11.0 Å². The predicted molar refractivity (Wildman–Crippen MR) is 122 cm³/mol. The first-order chi connectivity index (χ1) is 16.1. The predicted octanol–water partition coefficient (Wildman–Crippen LogP) is 4.92. The largest absolute Gasteiger partial charge is 0.416 e. The van der Waals surface area contributed by atoms with Crippen LogP contribution in [0, 0.1) is 0 Å². The number of hydrogen-bond acceptors (Lipinski definition) is 3. The van der Waals surface area contributed by atoms with Crippen LogP contribution in [0.4, 0.5) is 29.3 Å². The Morgan fingerprint density at radius 2 is 1.74 bits per heavy atom. The highest BCUT2D eigenvalue weighted by Crippen LogP contribution is 2.31. The van der Waals surface area contributed by atoms with Crippen LogP contribution in [0.5, 0.6) is 0 Å². The van der Waals surface area contributed by atoms with Crippen LogP contribution in [-0.4, -0.2) is 29.9 Å². The van der Waals surface area contributed by atoms with Crippen molar-refractivity contribution in [1.29, 1.82) is 0 Å². The third kappa shape index (κ3) is 6.97. The molecular weight excluding hydrogens is 449 g/mol. The van der Waals surface area contributed by atoms with E-state index in [2.05, 4.69) is 21.3 Å². The molecule has 1 aliphatic heterocycles. The highest BCUT2D eigenvalue weighted by molar-refractivity contribution is 6.10. The minimum absolute atomic E-state index is 0.00363. The van der Waals surface area contributed by atoms with E-state index in [-0.39, 0.29) is 47.4 Å². The number of rotatable bonds is 9. The summed E-state index contributed by atoms with van der Waals surface area (Å²) >= 11 is 0. The lowest BCUT2D eigenvalue weighted by Crippen LogP contribution is -2.30. The van der Waals surface area contributed by atoms with E-state index in [0.29, 0.717) is 6.42 Å². The first kappa shape index (κ1) is 25.1. The lowest BCUT2D eigenvalue weighted by molar-refractivity contribution is -0.137. The highest BCUT2D eigenvalue weighted by atomic mass is 19.4. The third-order valence-electron chi connectivity index (χ3n) is 5.59. The lowest BCUT2D eigenvalue weighted by atomic mass is 10.0. The quantitative estimate of drug-likeness (QED) is 0.387. The monoisotopic (exact) mass is 476 g/mol. The van der Waals surface area contributed by atoms with E-state index in [4.69, 9.17) is 0 Å². The summed E-state index contributed by atoms with van der Waals surface area (Å²) in [6, 6.07) is 10.7. The molecule has 2 aromatic carbocycles. The van der Waals surface area contributed by atoms with E-state index >= 15 is 0 Å². The van der Waals surface area contributed by atoms with Gasteiger partial charge < -0.3 is 21.3 Å². The summed E-state index contributed by atoms with van der Waals surface area (Å²) in [5.74, 6) is -0.889. The SMILES string of the molecule is C[C@H]1NC(=O)N[C@H]1CCCCCC(=O)Nc1ccccc1C(=O)Nc1cccc(C(F)(F)F)c1. The molecule has 0 unspecified atom stereocenters. The molecule has 1 fully saturated rings. The van der Waals surface area contributed by atoms with Crippen molar-refractivity contribution in [3.63, 3.8) is 0 Å². The number of nitrogens with one attached hydrogen (secondary N) is 4. The first-order valence-corrected chi connectivity index (χ1v) is 11.1. The maximum atomic E-state index is 12.9. The number of para-hydroxylation sites is 1. The van der Waals surface area contributed by atoms with Crippen molar-refractivity contribution in [1.82, 2.24) is 10.6 Å². The molecule has 0 aromatic heterocycles. The summed E-state index contributed by atoms with van der Waals surface area (Å²) < 4.78 is 38.8. The van der Waals surface area contributed by atoms with Crippen molar-refractivity contribution in [3.05, 3.63) is 59.7 Å². The van der Waals surface area contributed by atoms with Crippen LogP contribution in [0.25, 0.3) is 0 Å². The van der Waals surface area contributed by atoms with Crippen LogP contribution in [0.15, 0.2) is 48.5 Å². The molecule has 4 amide bonds. The van der Waals surface area contributed by atoms with Gasteiger partial charge in [-0.05, 0) is 50.1 Å². The Bertz CT molecular complexity index is 1040. The number of hydrogen-bond donors (Lipinski definition) is 4. The number of benzene rings is 2. The molecular formula is C24H27F3N4O3. The third-order valence-corrected chi connectivity index (χ3v) is 5.59. The lowest BCUT2D eigenvalue weighted by Gasteiger charge is -2.14. The van der Waals surface area contributed by atoms with Crippen molar-refractivity contribution in [2.45, 2.75) is 57.3 Å². The summed E-state index contributed by atoms with van der Waals surface area (Å²) in [6.45, 7) is 1.94. The van der Waals surface area contributed by atoms with Crippen molar-refractivity contribution in [3.8, 4) is 0 Å². The van der Waals surface area contributed by atoms with Crippen LogP contribution in [0.2, 0.25) is 0 Å². The smallest absolute Gasteiger partial charge is 0.334 e. The molecule has 1 saturated heterocycles. The molecule has 7 nitrogen and oxygen atoms in total. The Kier molecular flexibility index (Phi) is 8.14. The number of halogens is 3. The standard InChI is InChI=1S/C24H27F3N4O3/c1-15-19(31-23(34)28-15)11-3-2-4-13-21(32)30-20-12-6-5-10-18(20)22(33)29-17-9-7-8-16(14-17)24(25,26)27/h5-10,12,14-15,19H,2-4,11,13H2,1H3,(H,29,33)(H,30,32)(H2,28,31,34)/t15-,19+/m1/s1. The fraction of sp³-hybridized carbons (Fsp3) is 0.375. The van der Waals surface area contributed by atoms with Gasteiger partial charge in [-0.3, -0.25) is 9.59 Å². The van der Waals surface area contributed by atoms with Crippen molar-refractivity contribution in [2.75, 3.05) is 10.6 Å². The van der Waals surface area contributed by atoms with E-state index in [1.165, 1.54) is 18.2 Å². The fourth-order valence-electron chi connectivity index (χ4n) is 3.77. The van der Waals surface area contributed by atoms with Gasteiger partial charge in [0.05, 0.1) is 22.9 Å². The summed E-state index contributed by atoms with van der Waals surface area (Å²) in [4.78, 5) is 36.4. The molecule has 0 aliphatic carbocycles. The van der Waals surface area contributed by atoms with Crippen LogP contribution in [0.1, 0.15) is 54.9 Å². The van der Waals surface area contributed by atoms with Crippen molar-refractivity contribution < 1.29 is 27.6 Å². The van der Waals surface area contributed by atoms with E-state index in [0.717, 1.165) is 31.4 Å². The number of amides is 4. The van der Waals surface area contributed by atoms with E-state index < -0.39 is 17.6 Å². The second kappa shape index (κ2) is 11.0. The Hall–Kier alpha value is -3.56.